The van der Waals surface area contributed by atoms with Crippen LogP contribution in [0.2, 0.25) is 0 Å². The maximum Gasteiger partial charge on any atom is 0.126 e. The fourth-order valence-corrected chi connectivity index (χ4v) is 3.40. The fourth-order valence-electron chi connectivity index (χ4n) is 3.40. The smallest absolute Gasteiger partial charge is 0.126 e. The van der Waals surface area contributed by atoms with Crippen molar-refractivity contribution < 1.29 is 9.47 Å². The number of ether oxygens (including phenoxy) is 2. The van der Waals surface area contributed by atoms with Crippen LogP contribution in [0.25, 0.3) is 21.7 Å². The predicted molar refractivity (Wildman–Crippen MR) is 124 cm³/mol. The van der Waals surface area contributed by atoms with E-state index in [4.69, 9.17) is 9.47 Å². The van der Waals surface area contributed by atoms with Gasteiger partial charge < -0.3 is 9.47 Å². The highest BCUT2D eigenvalue weighted by Gasteiger charge is 2.06. The van der Waals surface area contributed by atoms with E-state index >= 15 is 0 Å². The van der Waals surface area contributed by atoms with Crippen molar-refractivity contribution in [3.63, 3.8) is 0 Å². The van der Waals surface area contributed by atoms with Gasteiger partial charge in [0.25, 0.3) is 0 Å². The second kappa shape index (κ2) is 9.27. The molecule has 0 spiro atoms. The van der Waals surface area contributed by atoms with E-state index in [1.165, 1.54) is 0 Å². The van der Waals surface area contributed by atoms with E-state index in [-0.39, 0.29) is 0 Å². The van der Waals surface area contributed by atoms with Gasteiger partial charge in [-0.2, -0.15) is 5.10 Å². The van der Waals surface area contributed by atoms with Crippen LogP contribution in [0.5, 0.6) is 11.5 Å². The van der Waals surface area contributed by atoms with Crippen LogP contribution < -0.4 is 14.9 Å². The molecule has 4 aromatic rings. The molecule has 5 heteroatoms. The monoisotopic (exact) mass is 399 g/mol. The van der Waals surface area contributed by atoms with E-state index in [2.05, 4.69) is 34.6 Å². The van der Waals surface area contributed by atoms with E-state index in [1.54, 1.807) is 13.3 Å². The Morgan fingerprint density at radius 2 is 1.87 bits per heavy atom. The lowest BCUT2D eigenvalue weighted by atomic mass is 10.0. The first-order valence-corrected chi connectivity index (χ1v) is 10.2. The largest absolute Gasteiger partial charge is 0.496 e. The Morgan fingerprint density at radius 3 is 2.70 bits per heavy atom. The summed E-state index contributed by atoms with van der Waals surface area (Å²) in [7, 11) is 1.69. The first kappa shape index (κ1) is 19.7. The SMILES string of the molecule is CCCCOc1ccc2nccc(N/N=C\c3ccc(OC)c4ccccc34)c2c1. The summed E-state index contributed by atoms with van der Waals surface area (Å²) in [6.45, 7) is 2.87. The lowest BCUT2D eigenvalue weighted by Gasteiger charge is -2.10. The van der Waals surface area contributed by atoms with E-state index in [0.717, 1.165) is 57.3 Å². The zero-order valence-corrected chi connectivity index (χ0v) is 17.3. The second-order valence-electron chi connectivity index (χ2n) is 7.01. The lowest BCUT2D eigenvalue weighted by Crippen LogP contribution is -1.97. The summed E-state index contributed by atoms with van der Waals surface area (Å²) in [5, 5.41) is 7.62. The summed E-state index contributed by atoms with van der Waals surface area (Å²) in [6, 6.07) is 20.0. The quantitative estimate of drug-likeness (QED) is 0.224. The van der Waals surface area contributed by atoms with E-state index in [1.807, 2.05) is 54.7 Å². The van der Waals surface area contributed by atoms with Crippen molar-refractivity contribution >= 4 is 33.6 Å². The molecule has 0 unspecified atom stereocenters. The topological polar surface area (TPSA) is 55.7 Å². The molecule has 0 saturated carbocycles. The van der Waals surface area contributed by atoms with Gasteiger partial charge in [-0.25, -0.2) is 0 Å². The summed E-state index contributed by atoms with van der Waals surface area (Å²) in [6.07, 6.45) is 5.75. The third kappa shape index (κ3) is 4.20. The molecule has 3 aromatic carbocycles. The van der Waals surface area contributed by atoms with Crippen molar-refractivity contribution in [3.05, 3.63) is 72.4 Å². The summed E-state index contributed by atoms with van der Waals surface area (Å²) in [5.41, 5.74) is 5.96. The molecule has 0 radical (unpaired) electrons. The zero-order valence-electron chi connectivity index (χ0n) is 17.3. The number of nitrogens with zero attached hydrogens (tertiary/aromatic N) is 2. The van der Waals surface area contributed by atoms with Crippen molar-refractivity contribution in [3.8, 4) is 11.5 Å². The number of aromatic nitrogens is 1. The maximum absolute atomic E-state index is 5.85. The molecule has 0 amide bonds. The maximum atomic E-state index is 5.85. The van der Waals surface area contributed by atoms with Gasteiger partial charge in [-0.05, 0) is 48.2 Å². The Morgan fingerprint density at radius 1 is 1.00 bits per heavy atom. The average Bonchev–Trinajstić information content (AvgIpc) is 2.79. The molecule has 30 heavy (non-hydrogen) atoms. The molecule has 4 rings (SSSR count). The van der Waals surface area contributed by atoms with Crippen LogP contribution in [0, 0.1) is 0 Å². The number of unbranched alkanes of at least 4 members (excludes halogenated alkanes) is 1. The van der Waals surface area contributed by atoms with Crippen LogP contribution in [-0.2, 0) is 0 Å². The van der Waals surface area contributed by atoms with Gasteiger partial charge in [0.15, 0.2) is 0 Å². The van der Waals surface area contributed by atoms with Gasteiger partial charge in [-0.15, -0.1) is 0 Å². The molecule has 0 aliphatic heterocycles. The number of hydrogen-bond donors (Lipinski definition) is 1. The number of rotatable bonds is 8. The summed E-state index contributed by atoms with van der Waals surface area (Å²) >= 11 is 0. The highest BCUT2D eigenvalue weighted by atomic mass is 16.5. The summed E-state index contributed by atoms with van der Waals surface area (Å²) in [4.78, 5) is 4.44. The molecule has 0 atom stereocenters. The van der Waals surface area contributed by atoms with Gasteiger partial charge >= 0.3 is 0 Å². The first-order chi connectivity index (χ1) is 14.8. The average molecular weight is 399 g/mol. The first-order valence-electron chi connectivity index (χ1n) is 10.2. The van der Waals surface area contributed by atoms with Crippen molar-refractivity contribution in [2.45, 2.75) is 19.8 Å². The molecule has 1 aromatic heterocycles. The molecule has 152 valence electrons. The van der Waals surface area contributed by atoms with Crippen LogP contribution in [-0.4, -0.2) is 24.9 Å². The Hall–Kier alpha value is -3.60. The molecule has 0 bridgehead atoms. The van der Waals surface area contributed by atoms with Crippen LogP contribution in [0.1, 0.15) is 25.3 Å². The van der Waals surface area contributed by atoms with Crippen molar-refractivity contribution in [1.29, 1.82) is 0 Å². The third-order valence-electron chi connectivity index (χ3n) is 5.01. The summed E-state index contributed by atoms with van der Waals surface area (Å²) < 4.78 is 11.3. The Bertz CT molecular complexity index is 1190. The van der Waals surface area contributed by atoms with Gasteiger partial charge in [0.1, 0.15) is 11.5 Å². The van der Waals surface area contributed by atoms with E-state index in [0.29, 0.717) is 6.61 Å². The number of nitrogens with one attached hydrogen (secondary N) is 1. The molecular weight excluding hydrogens is 374 g/mol. The Labute approximate surface area is 176 Å². The van der Waals surface area contributed by atoms with Crippen LogP contribution in [0.4, 0.5) is 5.69 Å². The number of pyridine rings is 1. The number of benzene rings is 3. The van der Waals surface area contributed by atoms with Crippen molar-refractivity contribution in [1.82, 2.24) is 4.98 Å². The molecule has 5 nitrogen and oxygen atoms in total. The van der Waals surface area contributed by atoms with Crippen molar-refractivity contribution in [2.24, 2.45) is 5.10 Å². The molecule has 0 fully saturated rings. The number of fused-ring (bicyclic) bond motifs is 2. The third-order valence-corrected chi connectivity index (χ3v) is 5.01. The molecule has 1 N–H and O–H groups in total. The normalized spacial score (nSPS) is 11.3. The van der Waals surface area contributed by atoms with Gasteiger partial charge in [0.2, 0.25) is 0 Å². The Kier molecular flexibility index (Phi) is 6.09. The summed E-state index contributed by atoms with van der Waals surface area (Å²) in [5.74, 6) is 1.70. The van der Waals surface area contributed by atoms with E-state index < -0.39 is 0 Å². The van der Waals surface area contributed by atoms with Gasteiger partial charge in [-0.3, -0.25) is 10.4 Å². The highest BCUT2D eigenvalue weighted by molar-refractivity contribution is 6.02. The standard InChI is InChI=1S/C25H25N3O2/c1-3-4-15-30-19-10-11-23-22(16-19)24(13-14-26-23)28-27-17-18-9-12-25(29-2)21-8-6-5-7-20(18)21/h5-14,16-17H,3-4,15H2,1-2H3,(H,26,28)/b27-17-. The molecule has 0 aliphatic rings. The van der Waals surface area contributed by atoms with Crippen LogP contribution in [0.15, 0.2) is 72.0 Å². The highest BCUT2D eigenvalue weighted by Crippen LogP contribution is 2.28. The van der Waals surface area contributed by atoms with Crippen LogP contribution in [0.3, 0.4) is 0 Å². The van der Waals surface area contributed by atoms with Crippen molar-refractivity contribution in [2.75, 3.05) is 19.1 Å². The Balaban J connectivity index is 1.60. The van der Waals surface area contributed by atoms with Gasteiger partial charge in [0, 0.05) is 22.5 Å². The van der Waals surface area contributed by atoms with Crippen LogP contribution >= 0.6 is 0 Å². The number of methoxy groups -OCH3 is 1. The van der Waals surface area contributed by atoms with Gasteiger partial charge in [0.05, 0.1) is 31.1 Å². The number of hydrogen-bond acceptors (Lipinski definition) is 5. The fraction of sp³-hybridized carbons (Fsp3) is 0.200. The minimum atomic E-state index is 0.716. The van der Waals surface area contributed by atoms with Gasteiger partial charge in [-0.1, -0.05) is 37.6 Å². The number of hydrazone groups is 1. The minimum absolute atomic E-state index is 0.716. The zero-order chi connectivity index (χ0) is 20.8. The predicted octanol–water partition coefficient (Wildman–Crippen LogP) is 6.02. The molecule has 1 heterocycles. The molecule has 0 aliphatic carbocycles. The minimum Gasteiger partial charge on any atom is -0.496 e. The van der Waals surface area contributed by atoms with E-state index in [9.17, 15) is 0 Å². The molecule has 0 saturated heterocycles. The second-order valence-corrected chi connectivity index (χ2v) is 7.01. The molecular formula is C25H25N3O2. The lowest BCUT2D eigenvalue weighted by molar-refractivity contribution is 0.310. The number of anilines is 1.